The van der Waals surface area contributed by atoms with Gasteiger partial charge in [-0.25, -0.2) is 13.6 Å². The van der Waals surface area contributed by atoms with E-state index < -0.39 is 10.0 Å². The number of carbonyl (C=O) groups excluding carboxylic acids is 1. The molecule has 2 aromatic carbocycles. The molecule has 0 aromatic heterocycles. The second-order valence-corrected chi connectivity index (χ2v) is 7.82. The highest BCUT2D eigenvalue weighted by Crippen LogP contribution is 2.49. The van der Waals surface area contributed by atoms with Crippen LogP contribution < -0.4 is 10.0 Å². The van der Waals surface area contributed by atoms with Gasteiger partial charge in [0.25, 0.3) is 0 Å². The van der Waals surface area contributed by atoms with Gasteiger partial charge in [0.1, 0.15) is 0 Å². The van der Waals surface area contributed by atoms with Crippen molar-refractivity contribution in [2.75, 3.05) is 4.90 Å². The minimum absolute atomic E-state index is 0.0319. The normalized spacial score (nSPS) is 13.5. The van der Waals surface area contributed by atoms with E-state index in [9.17, 15) is 13.2 Å². The number of hydrogen-bond acceptors (Lipinski definition) is 4. The summed E-state index contributed by atoms with van der Waals surface area (Å²) in [7, 11) is -3.84. The Morgan fingerprint density at radius 3 is 2.50 bits per heavy atom. The molecule has 1 heterocycles. The van der Waals surface area contributed by atoms with Crippen molar-refractivity contribution in [2.24, 2.45) is 5.14 Å². The molecule has 1 aliphatic rings. The lowest BCUT2D eigenvalue weighted by Crippen LogP contribution is -2.26. The van der Waals surface area contributed by atoms with Gasteiger partial charge in [-0.05, 0) is 36.4 Å². The van der Waals surface area contributed by atoms with Gasteiger partial charge in [-0.15, -0.1) is 0 Å². The zero-order chi connectivity index (χ0) is 16.1. The van der Waals surface area contributed by atoms with Crippen molar-refractivity contribution in [3.05, 3.63) is 41.4 Å². The quantitative estimate of drug-likeness (QED) is 0.853. The summed E-state index contributed by atoms with van der Waals surface area (Å²) in [5, 5.41) is 5.74. The molecule has 0 fully saturated rings. The fourth-order valence-electron chi connectivity index (χ4n) is 2.28. The van der Waals surface area contributed by atoms with Crippen molar-refractivity contribution in [3.8, 4) is 0 Å². The van der Waals surface area contributed by atoms with Crippen LogP contribution in [-0.4, -0.2) is 14.3 Å². The molecule has 0 aliphatic carbocycles. The summed E-state index contributed by atoms with van der Waals surface area (Å²) in [6.07, 6.45) is 0. The van der Waals surface area contributed by atoms with Gasteiger partial charge in [0.15, 0.2) is 0 Å². The Morgan fingerprint density at radius 1 is 1.14 bits per heavy atom. The average molecular weight is 355 g/mol. The van der Waals surface area contributed by atoms with Crippen molar-refractivity contribution < 1.29 is 13.2 Å². The molecule has 0 saturated heterocycles. The Kier molecular flexibility index (Phi) is 3.68. The van der Waals surface area contributed by atoms with Crippen LogP contribution in [0.2, 0.25) is 5.02 Å². The second-order valence-electron chi connectivity index (χ2n) is 4.74. The molecule has 0 spiro atoms. The van der Waals surface area contributed by atoms with Gasteiger partial charge in [0, 0.05) is 21.7 Å². The van der Waals surface area contributed by atoms with Gasteiger partial charge in [-0.1, -0.05) is 23.4 Å². The summed E-state index contributed by atoms with van der Waals surface area (Å²) in [6.45, 7) is 1.42. The zero-order valence-corrected chi connectivity index (χ0v) is 13.8. The fraction of sp³-hybridized carbons (Fsp3) is 0.0714. The highest BCUT2D eigenvalue weighted by Gasteiger charge is 2.27. The number of hydrogen-bond donors (Lipinski definition) is 1. The number of rotatable bonds is 1. The summed E-state index contributed by atoms with van der Waals surface area (Å²) in [5.41, 5.74) is 1.17. The SMILES string of the molecule is CC(=O)N1c2ccc(Cl)cc2Sc2ccc(S(N)(=O)=O)cc21. The Balaban J connectivity index is 2.24. The van der Waals surface area contributed by atoms with Gasteiger partial charge in [-0.3, -0.25) is 9.69 Å². The smallest absolute Gasteiger partial charge is 0.238 e. The van der Waals surface area contributed by atoms with Crippen LogP contribution in [0.25, 0.3) is 0 Å². The lowest BCUT2D eigenvalue weighted by molar-refractivity contribution is -0.115. The Morgan fingerprint density at radius 2 is 1.86 bits per heavy atom. The van der Waals surface area contributed by atoms with Crippen molar-refractivity contribution in [2.45, 2.75) is 21.6 Å². The van der Waals surface area contributed by atoms with E-state index in [-0.39, 0.29) is 10.8 Å². The average Bonchev–Trinajstić information content (AvgIpc) is 2.42. The topological polar surface area (TPSA) is 80.5 Å². The van der Waals surface area contributed by atoms with E-state index in [1.807, 2.05) is 0 Å². The number of sulfonamides is 1. The van der Waals surface area contributed by atoms with E-state index in [0.717, 1.165) is 9.79 Å². The maximum Gasteiger partial charge on any atom is 0.238 e. The lowest BCUT2D eigenvalue weighted by atomic mass is 10.2. The van der Waals surface area contributed by atoms with Gasteiger partial charge >= 0.3 is 0 Å². The Hall–Kier alpha value is -1.54. The first-order valence-corrected chi connectivity index (χ1v) is 8.96. The molecule has 2 N–H and O–H groups in total. The summed E-state index contributed by atoms with van der Waals surface area (Å²) in [6, 6.07) is 9.67. The molecule has 0 saturated carbocycles. The summed E-state index contributed by atoms with van der Waals surface area (Å²) >= 11 is 7.43. The standard InChI is InChI=1S/C14H11ClN2O3S2/c1-8(18)17-11-4-2-9(15)6-14(11)21-13-5-3-10(7-12(13)17)22(16,19)20/h2-7H,1H3,(H2,16,19,20). The molecule has 3 rings (SSSR count). The molecule has 114 valence electrons. The summed E-state index contributed by atoms with van der Waals surface area (Å²) < 4.78 is 23.1. The number of anilines is 2. The van der Waals surface area contributed by atoms with Crippen molar-refractivity contribution >= 4 is 50.7 Å². The first-order valence-electron chi connectivity index (χ1n) is 6.22. The second kappa shape index (κ2) is 5.27. The van der Waals surface area contributed by atoms with Crippen LogP contribution in [0.4, 0.5) is 11.4 Å². The van der Waals surface area contributed by atoms with Crippen LogP contribution in [0.15, 0.2) is 51.1 Å². The van der Waals surface area contributed by atoms with Crippen molar-refractivity contribution in [3.63, 3.8) is 0 Å². The molecule has 8 heteroatoms. The van der Waals surface area contributed by atoms with Crippen LogP contribution >= 0.6 is 23.4 Å². The number of halogens is 1. The lowest BCUT2D eigenvalue weighted by Gasteiger charge is -2.30. The summed E-state index contributed by atoms with van der Waals surface area (Å²) in [4.78, 5) is 15.1. The number of nitrogens with zero attached hydrogens (tertiary/aromatic N) is 1. The number of nitrogens with two attached hydrogens (primary N) is 1. The third-order valence-corrected chi connectivity index (χ3v) is 5.46. The minimum atomic E-state index is -3.84. The van der Waals surface area contributed by atoms with E-state index in [0.29, 0.717) is 16.4 Å². The minimum Gasteiger partial charge on any atom is -0.279 e. The van der Waals surface area contributed by atoms with Crippen LogP contribution in [0.5, 0.6) is 0 Å². The third kappa shape index (κ3) is 2.61. The van der Waals surface area contributed by atoms with Crippen LogP contribution in [0, 0.1) is 0 Å². The number of fused-ring (bicyclic) bond motifs is 2. The molecule has 0 radical (unpaired) electrons. The molecule has 1 amide bonds. The predicted octanol–water partition coefficient (Wildman–Crippen LogP) is 3.14. The Bertz CT molecular complexity index is 897. The zero-order valence-electron chi connectivity index (χ0n) is 11.4. The van der Waals surface area contributed by atoms with Gasteiger partial charge in [0.2, 0.25) is 15.9 Å². The van der Waals surface area contributed by atoms with Crippen LogP contribution in [0.3, 0.4) is 0 Å². The number of benzene rings is 2. The molecular formula is C14H11ClN2O3S2. The van der Waals surface area contributed by atoms with Crippen molar-refractivity contribution in [1.82, 2.24) is 0 Å². The molecule has 0 bridgehead atoms. The first kappa shape index (κ1) is 15.4. The summed E-state index contributed by atoms with van der Waals surface area (Å²) in [5.74, 6) is -0.225. The monoisotopic (exact) mass is 354 g/mol. The van der Waals surface area contributed by atoms with E-state index in [2.05, 4.69) is 0 Å². The number of primary sulfonamides is 1. The van der Waals surface area contributed by atoms with E-state index in [1.54, 1.807) is 24.3 Å². The highest BCUT2D eigenvalue weighted by molar-refractivity contribution is 7.99. The maximum absolute atomic E-state index is 12.1. The fourth-order valence-corrected chi connectivity index (χ4v) is 4.13. The molecule has 0 atom stereocenters. The number of amides is 1. The van der Waals surface area contributed by atoms with Crippen molar-refractivity contribution in [1.29, 1.82) is 0 Å². The molecule has 5 nitrogen and oxygen atoms in total. The molecular weight excluding hydrogens is 344 g/mol. The number of carbonyl (C=O) groups is 1. The molecule has 1 aliphatic heterocycles. The Labute approximate surface area is 137 Å². The van der Waals surface area contributed by atoms with E-state index in [1.165, 1.54) is 35.7 Å². The van der Waals surface area contributed by atoms with Gasteiger partial charge in [0.05, 0.1) is 16.3 Å². The first-order chi connectivity index (χ1) is 10.3. The predicted molar refractivity (Wildman–Crippen MR) is 86.2 cm³/mol. The van der Waals surface area contributed by atoms with Gasteiger partial charge in [-0.2, -0.15) is 0 Å². The van der Waals surface area contributed by atoms with Crippen LogP contribution in [0.1, 0.15) is 6.92 Å². The molecule has 22 heavy (non-hydrogen) atoms. The molecule has 0 unspecified atom stereocenters. The van der Waals surface area contributed by atoms with E-state index in [4.69, 9.17) is 16.7 Å². The largest absolute Gasteiger partial charge is 0.279 e. The highest BCUT2D eigenvalue weighted by atomic mass is 35.5. The van der Waals surface area contributed by atoms with Gasteiger partial charge < -0.3 is 0 Å². The molecule has 2 aromatic rings. The van der Waals surface area contributed by atoms with Crippen LogP contribution in [-0.2, 0) is 14.8 Å². The maximum atomic E-state index is 12.1. The van der Waals surface area contributed by atoms with E-state index >= 15 is 0 Å². The third-order valence-electron chi connectivity index (χ3n) is 3.20.